The van der Waals surface area contributed by atoms with Gasteiger partial charge in [-0.25, -0.2) is 0 Å². The Kier molecular flexibility index (Phi) is 6.47. The van der Waals surface area contributed by atoms with E-state index in [1.165, 1.54) is 11.3 Å². The first-order valence-corrected chi connectivity index (χ1v) is 8.16. The Balaban J connectivity index is 1.70. The van der Waals surface area contributed by atoms with Gasteiger partial charge in [-0.2, -0.15) is 5.10 Å². The summed E-state index contributed by atoms with van der Waals surface area (Å²) in [6.45, 7) is 6.57. The molecule has 0 atom stereocenters. The van der Waals surface area contributed by atoms with E-state index in [1.807, 2.05) is 35.9 Å². The zero-order valence-electron chi connectivity index (χ0n) is 13.9. The van der Waals surface area contributed by atoms with Gasteiger partial charge in [-0.15, -0.1) is 0 Å². The van der Waals surface area contributed by atoms with Gasteiger partial charge in [-0.1, -0.05) is 23.7 Å². The SMILES string of the molecule is CN=C(NCCCn1nc(C)cc1C)NCc1ccc(Cl)cc1. The Morgan fingerprint density at radius 1 is 1.22 bits per heavy atom. The summed E-state index contributed by atoms with van der Waals surface area (Å²) in [5.74, 6) is 0.799. The van der Waals surface area contributed by atoms with Crippen LogP contribution in [0.25, 0.3) is 0 Å². The van der Waals surface area contributed by atoms with Crippen molar-refractivity contribution >= 4 is 17.6 Å². The smallest absolute Gasteiger partial charge is 0.191 e. The van der Waals surface area contributed by atoms with Crippen molar-refractivity contribution in [2.45, 2.75) is 33.4 Å². The number of aliphatic imine (C=N–C) groups is 1. The molecule has 1 aromatic carbocycles. The predicted octanol–water partition coefficient (Wildman–Crippen LogP) is 2.91. The fourth-order valence-corrected chi connectivity index (χ4v) is 2.47. The van der Waals surface area contributed by atoms with Crippen molar-refractivity contribution in [1.29, 1.82) is 0 Å². The van der Waals surface area contributed by atoms with Crippen LogP contribution < -0.4 is 10.6 Å². The second kappa shape index (κ2) is 8.58. The summed E-state index contributed by atoms with van der Waals surface area (Å²) in [5, 5.41) is 11.8. The first kappa shape index (κ1) is 17.3. The summed E-state index contributed by atoms with van der Waals surface area (Å²) in [7, 11) is 1.78. The van der Waals surface area contributed by atoms with Crippen molar-refractivity contribution in [2.75, 3.05) is 13.6 Å². The van der Waals surface area contributed by atoms with Gasteiger partial charge in [0.2, 0.25) is 0 Å². The van der Waals surface area contributed by atoms with E-state index in [4.69, 9.17) is 11.6 Å². The molecule has 0 aliphatic heterocycles. The maximum atomic E-state index is 5.89. The van der Waals surface area contributed by atoms with Gasteiger partial charge in [0, 0.05) is 37.4 Å². The second-order valence-electron chi connectivity index (χ2n) is 5.48. The minimum absolute atomic E-state index is 0.717. The summed E-state index contributed by atoms with van der Waals surface area (Å²) in [4.78, 5) is 4.23. The van der Waals surface area contributed by atoms with Crippen LogP contribution in [-0.4, -0.2) is 29.3 Å². The largest absolute Gasteiger partial charge is 0.356 e. The zero-order chi connectivity index (χ0) is 16.7. The molecule has 2 aromatic rings. The van der Waals surface area contributed by atoms with E-state index < -0.39 is 0 Å². The molecule has 0 unspecified atom stereocenters. The number of nitrogens with zero attached hydrogens (tertiary/aromatic N) is 3. The quantitative estimate of drug-likeness (QED) is 0.485. The van der Waals surface area contributed by atoms with Crippen LogP contribution in [0.15, 0.2) is 35.3 Å². The molecule has 0 radical (unpaired) electrons. The highest BCUT2D eigenvalue weighted by atomic mass is 35.5. The molecular formula is C17H24ClN5. The topological polar surface area (TPSA) is 54.2 Å². The van der Waals surface area contributed by atoms with Crippen LogP contribution in [0, 0.1) is 13.8 Å². The van der Waals surface area contributed by atoms with E-state index in [1.54, 1.807) is 7.05 Å². The number of guanidine groups is 1. The van der Waals surface area contributed by atoms with E-state index in [0.717, 1.165) is 36.2 Å². The lowest BCUT2D eigenvalue weighted by Gasteiger charge is -2.12. The third-order valence-electron chi connectivity index (χ3n) is 3.54. The van der Waals surface area contributed by atoms with Crippen LogP contribution in [0.2, 0.25) is 5.02 Å². The second-order valence-corrected chi connectivity index (χ2v) is 5.92. The summed E-state index contributed by atoms with van der Waals surface area (Å²) in [6, 6.07) is 9.89. The van der Waals surface area contributed by atoms with Crippen molar-refractivity contribution in [3.8, 4) is 0 Å². The van der Waals surface area contributed by atoms with Gasteiger partial charge in [0.05, 0.1) is 5.69 Å². The molecule has 5 nitrogen and oxygen atoms in total. The minimum Gasteiger partial charge on any atom is -0.356 e. The van der Waals surface area contributed by atoms with Gasteiger partial charge < -0.3 is 10.6 Å². The van der Waals surface area contributed by atoms with Crippen LogP contribution in [0.5, 0.6) is 0 Å². The van der Waals surface area contributed by atoms with Gasteiger partial charge in [0.15, 0.2) is 5.96 Å². The Bertz CT molecular complexity index is 646. The third kappa shape index (κ3) is 5.60. The van der Waals surface area contributed by atoms with Gasteiger partial charge in [0.1, 0.15) is 0 Å². The summed E-state index contributed by atoms with van der Waals surface area (Å²) < 4.78 is 2.04. The fourth-order valence-electron chi connectivity index (χ4n) is 2.35. The zero-order valence-corrected chi connectivity index (χ0v) is 14.7. The van der Waals surface area contributed by atoms with Crippen molar-refractivity contribution in [1.82, 2.24) is 20.4 Å². The Hall–Kier alpha value is -2.01. The third-order valence-corrected chi connectivity index (χ3v) is 3.79. The molecule has 2 rings (SSSR count). The van der Waals surface area contributed by atoms with E-state index in [0.29, 0.717) is 6.54 Å². The van der Waals surface area contributed by atoms with E-state index >= 15 is 0 Å². The molecule has 124 valence electrons. The van der Waals surface area contributed by atoms with E-state index in [-0.39, 0.29) is 0 Å². The molecule has 1 heterocycles. The van der Waals surface area contributed by atoms with E-state index in [2.05, 4.69) is 33.7 Å². The Morgan fingerprint density at radius 2 is 1.96 bits per heavy atom. The Morgan fingerprint density at radius 3 is 2.57 bits per heavy atom. The molecule has 1 aromatic heterocycles. The number of rotatable bonds is 6. The molecule has 0 saturated heterocycles. The molecule has 2 N–H and O–H groups in total. The maximum Gasteiger partial charge on any atom is 0.191 e. The minimum atomic E-state index is 0.717. The van der Waals surface area contributed by atoms with Crippen LogP contribution >= 0.6 is 11.6 Å². The highest BCUT2D eigenvalue weighted by Gasteiger charge is 2.01. The Labute approximate surface area is 142 Å². The van der Waals surface area contributed by atoms with E-state index in [9.17, 15) is 0 Å². The number of hydrogen-bond donors (Lipinski definition) is 2. The van der Waals surface area contributed by atoms with Crippen LogP contribution in [-0.2, 0) is 13.1 Å². The highest BCUT2D eigenvalue weighted by Crippen LogP contribution is 2.09. The van der Waals surface area contributed by atoms with Crippen LogP contribution in [0.4, 0.5) is 0 Å². The number of halogens is 1. The standard InChI is InChI=1S/C17H24ClN5/c1-13-11-14(2)23(22-13)10-4-9-20-17(19-3)21-12-15-5-7-16(18)8-6-15/h5-8,11H,4,9-10,12H2,1-3H3,(H2,19,20,21). The average molecular weight is 334 g/mol. The molecule has 0 bridgehead atoms. The molecule has 0 fully saturated rings. The maximum absolute atomic E-state index is 5.89. The molecule has 0 aliphatic rings. The molecule has 6 heteroatoms. The van der Waals surface area contributed by atoms with Crippen LogP contribution in [0.3, 0.4) is 0 Å². The number of aromatic nitrogens is 2. The van der Waals surface area contributed by atoms with Crippen molar-refractivity contribution in [2.24, 2.45) is 4.99 Å². The normalized spacial score (nSPS) is 11.6. The molecular weight excluding hydrogens is 310 g/mol. The van der Waals surface area contributed by atoms with Crippen LogP contribution in [0.1, 0.15) is 23.4 Å². The lowest BCUT2D eigenvalue weighted by Crippen LogP contribution is -2.37. The molecule has 0 amide bonds. The lowest BCUT2D eigenvalue weighted by atomic mass is 10.2. The molecule has 23 heavy (non-hydrogen) atoms. The average Bonchev–Trinajstić information content (AvgIpc) is 2.86. The number of aryl methyl sites for hydroxylation is 3. The summed E-state index contributed by atoms with van der Waals surface area (Å²) >= 11 is 5.89. The van der Waals surface area contributed by atoms with Crippen molar-refractivity contribution in [3.05, 3.63) is 52.3 Å². The van der Waals surface area contributed by atoms with Crippen molar-refractivity contribution in [3.63, 3.8) is 0 Å². The fraction of sp³-hybridized carbons (Fsp3) is 0.412. The number of hydrogen-bond acceptors (Lipinski definition) is 2. The highest BCUT2D eigenvalue weighted by molar-refractivity contribution is 6.30. The van der Waals surface area contributed by atoms with Gasteiger partial charge in [-0.3, -0.25) is 9.67 Å². The van der Waals surface area contributed by atoms with Crippen molar-refractivity contribution < 1.29 is 0 Å². The summed E-state index contributed by atoms with van der Waals surface area (Å²) in [6.07, 6.45) is 0.990. The predicted molar refractivity (Wildman–Crippen MR) is 96.0 cm³/mol. The molecule has 0 saturated carbocycles. The van der Waals surface area contributed by atoms with Gasteiger partial charge >= 0.3 is 0 Å². The van der Waals surface area contributed by atoms with Gasteiger partial charge in [-0.05, 0) is 44.0 Å². The summed E-state index contributed by atoms with van der Waals surface area (Å²) in [5.41, 5.74) is 3.43. The first-order valence-electron chi connectivity index (χ1n) is 7.78. The first-order chi connectivity index (χ1) is 11.1. The number of nitrogens with one attached hydrogen (secondary N) is 2. The lowest BCUT2D eigenvalue weighted by molar-refractivity contribution is 0.555. The molecule has 0 spiro atoms. The van der Waals surface area contributed by atoms with Gasteiger partial charge in [0.25, 0.3) is 0 Å². The number of benzene rings is 1. The monoisotopic (exact) mass is 333 g/mol. The molecule has 0 aliphatic carbocycles.